The topological polar surface area (TPSA) is 92.4 Å². The number of carboxylic acids is 1. The van der Waals surface area contributed by atoms with Gasteiger partial charge in [-0.3, -0.25) is 9.59 Å². The molecule has 0 saturated carbocycles. The molecule has 0 heterocycles. The predicted octanol–water partition coefficient (Wildman–Crippen LogP) is 2.65. The summed E-state index contributed by atoms with van der Waals surface area (Å²) in [6.07, 6.45) is 1.54. The van der Waals surface area contributed by atoms with Crippen LogP contribution in [0.5, 0.6) is 0 Å². The van der Waals surface area contributed by atoms with Gasteiger partial charge in [-0.15, -0.1) is 0 Å². The van der Waals surface area contributed by atoms with E-state index < -0.39 is 5.97 Å². The van der Waals surface area contributed by atoms with Crippen molar-refractivity contribution in [3.8, 4) is 0 Å². The van der Waals surface area contributed by atoms with E-state index in [2.05, 4.69) is 21.2 Å². The second-order valence-electron chi connectivity index (χ2n) is 4.82. The number of amides is 1. The highest BCUT2D eigenvalue weighted by Gasteiger charge is 2.09. The molecule has 110 valence electrons. The summed E-state index contributed by atoms with van der Waals surface area (Å²) in [5.74, 6) is -0.692. The average molecular weight is 343 g/mol. The maximum absolute atomic E-state index is 11.9. The Labute approximate surface area is 126 Å². The Bertz CT molecular complexity index is 491. The molecule has 0 aliphatic rings. The van der Waals surface area contributed by atoms with E-state index in [0.717, 1.165) is 10.9 Å². The van der Waals surface area contributed by atoms with Crippen LogP contribution in [0, 0.1) is 5.92 Å². The fourth-order valence-electron chi connectivity index (χ4n) is 1.73. The molecule has 5 nitrogen and oxygen atoms in total. The van der Waals surface area contributed by atoms with Gasteiger partial charge in [0.25, 0.3) is 5.91 Å². The van der Waals surface area contributed by atoms with Crippen molar-refractivity contribution in [3.05, 3.63) is 28.2 Å². The lowest BCUT2D eigenvalue weighted by Gasteiger charge is -2.11. The summed E-state index contributed by atoms with van der Waals surface area (Å²) in [4.78, 5) is 22.3. The van der Waals surface area contributed by atoms with E-state index in [1.807, 2.05) is 6.92 Å². The van der Waals surface area contributed by atoms with Gasteiger partial charge < -0.3 is 16.2 Å². The number of carbonyl (C=O) groups excluding carboxylic acids is 1. The second-order valence-corrected chi connectivity index (χ2v) is 5.67. The monoisotopic (exact) mass is 342 g/mol. The fraction of sp³-hybridized carbons (Fsp3) is 0.429. The van der Waals surface area contributed by atoms with Gasteiger partial charge in [-0.25, -0.2) is 0 Å². The normalized spacial score (nSPS) is 11.9. The summed E-state index contributed by atoms with van der Waals surface area (Å²) < 4.78 is 0.761. The zero-order valence-electron chi connectivity index (χ0n) is 11.4. The molecule has 0 bridgehead atoms. The summed E-state index contributed by atoms with van der Waals surface area (Å²) in [7, 11) is 0. The Balaban J connectivity index is 2.36. The van der Waals surface area contributed by atoms with Crippen LogP contribution in [0.3, 0.4) is 0 Å². The molecule has 1 rings (SSSR count). The third kappa shape index (κ3) is 5.61. The van der Waals surface area contributed by atoms with Crippen molar-refractivity contribution in [1.29, 1.82) is 0 Å². The van der Waals surface area contributed by atoms with E-state index in [1.54, 1.807) is 18.2 Å². The lowest BCUT2D eigenvalue weighted by atomic mass is 10.0. The summed E-state index contributed by atoms with van der Waals surface area (Å²) in [6.45, 7) is 2.50. The first-order chi connectivity index (χ1) is 9.40. The molecule has 1 amide bonds. The maximum Gasteiger partial charge on any atom is 0.303 e. The number of rotatable bonds is 7. The van der Waals surface area contributed by atoms with Crippen LogP contribution in [0.1, 0.15) is 36.5 Å². The molecule has 0 aliphatic heterocycles. The fourth-order valence-corrected chi connectivity index (χ4v) is 1.98. The minimum atomic E-state index is -0.786. The molecule has 0 radical (unpaired) electrons. The zero-order valence-corrected chi connectivity index (χ0v) is 12.9. The maximum atomic E-state index is 11.9. The standard InChI is InChI=1S/C14H19BrN2O3/c1-9(2-5-13(18)19)6-7-17-14(20)10-3-4-11(15)12(16)8-10/h3-4,8-9H,2,5-7,16H2,1H3,(H,17,20)(H,18,19). The molecule has 0 aromatic heterocycles. The first-order valence-electron chi connectivity index (χ1n) is 6.45. The van der Waals surface area contributed by atoms with Crippen molar-refractivity contribution in [2.24, 2.45) is 5.92 Å². The van der Waals surface area contributed by atoms with Crippen LogP contribution < -0.4 is 11.1 Å². The first kappa shape index (κ1) is 16.5. The smallest absolute Gasteiger partial charge is 0.303 e. The van der Waals surface area contributed by atoms with Gasteiger partial charge in [0.2, 0.25) is 0 Å². The lowest BCUT2D eigenvalue weighted by molar-refractivity contribution is -0.137. The van der Waals surface area contributed by atoms with Gasteiger partial charge in [-0.1, -0.05) is 6.92 Å². The van der Waals surface area contributed by atoms with Crippen LogP contribution in [-0.4, -0.2) is 23.5 Å². The Kier molecular flexibility index (Phi) is 6.51. The molecule has 0 aliphatic carbocycles. The highest BCUT2D eigenvalue weighted by atomic mass is 79.9. The molecular formula is C14H19BrN2O3. The molecule has 1 atom stereocenters. The summed E-state index contributed by atoms with van der Waals surface area (Å²) >= 11 is 3.27. The van der Waals surface area contributed by atoms with Gasteiger partial charge in [-0.2, -0.15) is 0 Å². The Morgan fingerprint density at radius 3 is 2.70 bits per heavy atom. The minimum absolute atomic E-state index is 0.165. The first-order valence-corrected chi connectivity index (χ1v) is 7.24. The summed E-state index contributed by atoms with van der Waals surface area (Å²) in [5.41, 5.74) is 6.76. The van der Waals surface area contributed by atoms with Crippen molar-refractivity contribution >= 4 is 33.5 Å². The van der Waals surface area contributed by atoms with E-state index in [-0.39, 0.29) is 18.2 Å². The molecule has 1 aromatic rings. The van der Waals surface area contributed by atoms with E-state index in [1.165, 1.54) is 0 Å². The zero-order chi connectivity index (χ0) is 15.1. The van der Waals surface area contributed by atoms with E-state index in [4.69, 9.17) is 10.8 Å². The summed E-state index contributed by atoms with van der Waals surface area (Å²) in [5, 5.41) is 11.4. The van der Waals surface area contributed by atoms with Crippen molar-refractivity contribution in [1.82, 2.24) is 5.32 Å². The number of nitrogens with one attached hydrogen (secondary N) is 1. The van der Waals surface area contributed by atoms with Crippen LogP contribution in [0.4, 0.5) is 5.69 Å². The van der Waals surface area contributed by atoms with Crippen molar-refractivity contribution in [2.75, 3.05) is 12.3 Å². The second kappa shape index (κ2) is 7.89. The molecule has 4 N–H and O–H groups in total. The number of nitrogens with two attached hydrogens (primary N) is 1. The molecule has 1 aromatic carbocycles. The molecular weight excluding hydrogens is 324 g/mol. The van der Waals surface area contributed by atoms with Crippen LogP contribution in [0.25, 0.3) is 0 Å². The number of halogens is 1. The van der Waals surface area contributed by atoms with E-state index in [9.17, 15) is 9.59 Å². The summed E-state index contributed by atoms with van der Waals surface area (Å²) in [6, 6.07) is 5.05. The quantitative estimate of drug-likeness (QED) is 0.664. The Hall–Kier alpha value is -1.56. The average Bonchev–Trinajstić information content (AvgIpc) is 2.39. The molecule has 0 saturated heterocycles. The van der Waals surface area contributed by atoms with Gasteiger partial charge in [0.15, 0.2) is 0 Å². The third-order valence-electron chi connectivity index (χ3n) is 3.03. The third-order valence-corrected chi connectivity index (χ3v) is 3.75. The lowest BCUT2D eigenvalue weighted by Crippen LogP contribution is -2.25. The van der Waals surface area contributed by atoms with Crippen molar-refractivity contribution in [3.63, 3.8) is 0 Å². The van der Waals surface area contributed by atoms with Gasteiger partial charge in [0, 0.05) is 28.7 Å². The number of carbonyl (C=O) groups is 2. The van der Waals surface area contributed by atoms with Gasteiger partial charge in [0.1, 0.15) is 0 Å². The number of benzene rings is 1. The molecule has 20 heavy (non-hydrogen) atoms. The SMILES string of the molecule is CC(CCNC(=O)c1ccc(Br)c(N)c1)CCC(=O)O. The van der Waals surface area contributed by atoms with Crippen LogP contribution in [0.2, 0.25) is 0 Å². The molecule has 0 spiro atoms. The number of nitrogen functional groups attached to an aromatic ring is 1. The predicted molar refractivity (Wildman–Crippen MR) is 81.5 cm³/mol. The number of anilines is 1. The minimum Gasteiger partial charge on any atom is -0.481 e. The van der Waals surface area contributed by atoms with E-state index in [0.29, 0.717) is 24.2 Å². The number of aliphatic carboxylic acids is 1. The highest BCUT2D eigenvalue weighted by molar-refractivity contribution is 9.10. The van der Waals surface area contributed by atoms with Crippen LogP contribution in [0.15, 0.2) is 22.7 Å². The van der Waals surface area contributed by atoms with Crippen LogP contribution >= 0.6 is 15.9 Å². The molecule has 6 heteroatoms. The largest absolute Gasteiger partial charge is 0.481 e. The number of carboxylic acid groups (broad SMARTS) is 1. The highest BCUT2D eigenvalue weighted by Crippen LogP contribution is 2.20. The molecule has 0 fully saturated rings. The van der Waals surface area contributed by atoms with Gasteiger partial charge in [0.05, 0.1) is 0 Å². The van der Waals surface area contributed by atoms with Gasteiger partial charge in [-0.05, 0) is 52.9 Å². The van der Waals surface area contributed by atoms with Gasteiger partial charge >= 0.3 is 5.97 Å². The van der Waals surface area contributed by atoms with E-state index >= 15 is 0 Å². The Morgan fingerprint density at radius 1 is 1.40 bits per heavy atom. The number of hydrogen-bond acceptors (Lipinski definition) is 3. The van der Waals surface area contributed by atoms with Crippen molar-refractivity contribution in [2.45, 2.75) is 26.2 Å². The van der Waals surface area contributed by atoms with Crippen LogP contribution in [-0.2, 0) is 4.79 Å². The van der Waals surface area contributed by atoms with Crippen molar-refractivity contribution < 1.29 is 14.7 Å². The number of hydrogen-bond donors (Lipinski definition) is 3. The Morgan fingerprint density at radius 2 is 2.10 bits per heavy atom. The molecule has 1 unspecified atom stereocenters.